The van der Waals surface area contributed by atoms with Gasteiger partial charge in [0.2, 0.25) is 5.91 Å². The number of hydrogen-bond acceptors (Lipinski definition) is 4. The molecular formula is C19H23N3O2. The van der Waals surface area contributed by atoms with E-state index in [1.165, 1.54) is 16.7 Å². The van der Waals surface area contributed by atoms with E-state index in [0.717, 1.165) is 43.1 Å². The van der Waals surface area contributed by atoms with Crippen LogP contribution in [0.3, 0.4) is 0 Å². The van der Waals surface area contributed by atoms with Gasteiger partial charge in [-0.1, -0.05) is 12.1 Å². The molecule has 2 aromatic rings. The molecule has 2 heterocycles. The Hall–Kier alpha value is -2.40. The Morgan fingerprint density at radius 1 is 1.38 bits per heavy atom. The zero-order valence-corrected chi connectivity index (χ0v) is 14.4. The van der Waals surface area contributed by atoms with Gasteiger partial charge in [0, 0.05) is 38.4 Å². The monoisotopic (exact) mass is 325 g/mol. The molecule has 0 unspecified atom stereocenters. The van der Waals surface area contributed by atoms with Crippen molar-refractivity contribution in [2.24, 2.45) is 0 Å². The molecule has 5 nitrogen and oxygen atoms in total. The van der Waals surface area contributed by atoms with Gasteiger partial charge >= 0.3 is 0 Å². The molecular weight excluding hydrogens is 302 g/mol. The van der Waals surface area contributed by atoms with E-state index in [0.29, 0.717) is 0 Å². The molecule has 1 aliphatic heterocycles. The molecule has 0 saturated carbocycles. The number of carbonyl (C=O) groups is 1. The first kappa shape index (κ1) is 16.5. The fraction of sp³-hybridized carbons (Fsp3) is 0.368. The Labute approximate surface area is 142 Å². The Kier molecular flexibility index (Phi) is 4.81. The van der Waals surface area contributed by atoms with E-state index < -0.39 is 0 Å². The van der Waals surface area contributed by atoms with Crippen LogP contribution in [0.4, 0.5) is 5.69 Å². The van der Waals surface area contributed by atoms with Gasteiger partial charge in [-0.05, 0) is 41.7 Å². The zero-order valence-electron chi connectivity index (χ0n) is 14.4. The second kappa shape index (κ2) is 7.01. The molecule has 0 radical (unpaired) electrons. The number of methoxy groups -OCH3 is 1. The highest BCUT2D eigenvalue weighted by atomic mass is 16.5. The molecule has 3 rings (SSSR count). The lowest BCUT2D eigenvalue weighted by atomic mass is 9.97. The number of amides is 1. The predicted molar refractivity (Wildman–Crippen MR) is 94.1 cm³/mol. The number of nitrogens with zero attached hydrogens (tertiary/aromatic N) is 2. The van der Waals surface area contributed by atoms with Crippen molar-refractivity contribution in [2.45, 2.75) is 33.4 Å². The normalized spacial score (nSPS) is 14.1. The van der Waals surface area contributed by atoms with Gasteiger partial charge in [-0.15, -0.1) is 0 Å². The van der Waals surface area contributed by atoms with Crippen LogP contribution in [0.5, 0.6) is 5.75 Å². The summed E-state index contributed by atoms with van der Waals surface area (Å²) in [6.07, 6.45) is 4.60. The molecule has 1 aromatic carbocycles. The van der Waals surface area contributed by atoms with Crippen molar-refractivity contribution in [1.82, 2.24) is 9.88 Å². The molecule has 1 aliphatic rings. The maximum atomic E-state index is 11.4. The van der Waals surface area contributed by atoms with E-state index >= 15 is 0 Å². The first-order chi connectivity index (χ1) is 11.6. The van der Waals surface area contributed by atoms with Crippen LogP contribution in [0, 0.1) is 6.92 Å². The maximum absolute atomic E-state index is 11.4. The Bertz CT molecular complexity index is 758. The summed E-state index contributed by atoms with van der Waals surface area (Å²) in [6, 6.07) is 6.13. The highest BCUT2D eigenvalue weighted by Gasteiger charge is 2.20. The minimum atomic E-state index is -0.0242. The van der Waals surface area contributed by atoms with Crippen LogP contribution < -0.4 is 10.1 Å². The highest BCUT2D eigenvalue weighted by molar-refractivity contribution is 5.89. The number of pyridine rings is 1. The van der Waals surface area contributed by atoms with Crippen LogP contribution >= 0.6 is 0 Å². The second-order valence-electron chi connectivity index (χ2n) is 6.21. The molecule has 1 amide bonds. The van der Waals surface area contributed by atoms with Gasteiger partial charge in [-0.2, -0.15) is 0 Å². The molecule has 0 spiro atoms. The summed E-state index contributed by atoms with van der Waals surface area (Å²) >= 11 is 0. The van der Waals surface area contributed by atoms with E-state index in [1.54, 1.807) is 20.2 Å². The topological polar surface area (TPSA) is 54.5 Å². The van der Waals surface area contributed by atoms with Crippen molar-refractivity contribution >= 4 is 11.6 Å². The SMILES string of the molecule is COc1cncc(CN2CCc3c(cccc3NC(C)=O)C2)c1C. The standard InChI is InChI=1S/C19H23N3O2/c1-13-16(9-20-10-19(13)24-3)12-22-8-7-17-15(11-22)5-4-6-18(17)21-14(2)23/h4-6,9-10H,7-8,11-12H2,1-3H3,(H,21,23). The third-order valence-corrected chi connectivity index (χ3v) is 4.54. The van der Waals surface area contributed by atoms with Crippen LogP contribution in [0.1, 0.15) is 29.2 Å². The number of ether oxygens (including phenoxy) is 1. The van der Waals surface area contributed by atoms with Crippen molar-refractivity contribution in [3.63, 3.8) is 0 Å². The number of hydrogen-bond donors (Lipinski definition) is 1. The number of carbonyl (C=O) groups excluding carboxylic acids is 1. The molecule has 1 aromatic heterocycles. The van der Waals surface area contributed by atoms with Gasteiger partial charge in [0.05, 0.1) is 13.3 Å². The number of benzene rings is 1. The van der Waals surface area contributed by atoms with E-state index in [9.17, 15) is 4.79 Å². The van der Waals surface area contributed by atoms with Crippen LogP contribution in [-0.2, 0) is 24.3 Å². The first-order valence-electron chi connectivity index (χ1n) is 8.16. The number of fused-ring (bicyclic) bond motifs is 1. The molecule has 0 aliphatic carbocycles. The van der Waals surface area contributed by atoms with E-state index in [4.69, 9.17) is 4.74 Å². The van der Waals surface area contributed by atoms with E-state index in [1.807, 2.05) is 18.3 Å². The number of anilines is 1. The molecule has 0 bridgehead atoms. The van der Waals surface area contributed by atoms with Gasteiger partial charge < -0.3 is 10.1 Å². The number of aromatic nitrogens is 1. The fourth-order valence-electron chi connectivity index (χ4n) is 3.26. The van der Waals surface area contributed by atoms with Crippen LogP contribution in [-0.4, -0.2) is 29.4 Å². The second-order valence-corrected chi connectivity index (χ2v) is 6.21. The minimum Gasteiger partial charge on any atom is -0.495 e. The van der Waals surface area contributed by atoms with Crippen molar-refractivity contribution in [1.29, 1.82) is 0 Å². The smallest absolute Gasteiger partial charge is 0.221 e. The minimum absolute atomic E-state index is 0.0242. The summed E-state index contributed by atoms with van der Waals surface area (Å²) in [5.41, 5.74) is 5.81. The quantitative estimate of drug-likeness (QED) is 0.939. The number of rotatable bonds is 4. The maximum Gasteiger partial charge on any atom is 0.221 e. The van der Waals surface area contributed by atoms with Gasteiger partial charge in [-0.25, -0.2) is 0 Å². The summed E-state index contributed by atoms with van der Waals surface area (Å²) in [6.45, 7) is 6.30. The van der Waals surface area contributed by atoms with Crippen molar-refractivity contribution < 1.29 is 9.53 Å². The Balaban J connectivity index is 1.78. The van der Waals surface area contributed by atoms with E-state index in [2.05, 4.69) is 28.2 Å². The molecule has 126 valence electrons. The molecule has 0 fully saturated rings. The van der Waals surface area contributed by atoms with Gasteiger partial charge in [0.15, 0.2) is 0 Å². The number of nitrogens with one attached hydrogen (secondary N) is 1. The van der Waals surface area contributed by atoms with Crippen molar-refractivity contribution in [3.05, 3.63) is 52.8 Å². The third-order valence-electron chi connectivity index (χ3n) is 4.54. The lowest BCUT2D eigenvalue weighted by Gasteiger charge is -2.30. The van der Waals surface area contributed by atoms with Crippen LogP contribution in [0.25, 0.3) is 0 Å². The van der Waals surface area contributed by atoms with Gasteiger partial charge in [0.25, 0.3) is 0 Å². The fourth-order valence-corrected chi connectivity index (χ4v) is 3.26. The zero-order chi connectivity index (χ0) is 17.1. The van der Waals surface area contributed by atoms with Crippen molar-refractivity contribution in [2.75, 3.05) is 19.0 Å². The summed E-state index contributed by atoms with van der Waals surface area (Å²) in [5.74, 6) is 0.807. The molecule has 5 heteroatoms. The Morgan fingerprint density at radius 3 is 2.96 bits per heavy atom. The summed E-state index contributed by atoms with van der Waals surface area (Å²) in [7, 11) is 1.68. The molecule has 0 atom stereocenters. The molecule has 1 N–H and O–H groups in total. The first-order valence-corrected chi connectivity index (χ1v) is 8.16. The van der Waals surface area contributed by atoms with E-state index in [-0.39, 0.29) is 5.91 Å². The van der Waals surface area contributed by atoms with Crippen LogP contribution in [0.15, 0.2) is 30.6 Å². The van der Waals surface area contributed by atoms with Crippen LogP contribution in [0.2, 0.25) is 0 Å². The molecule has 0 saturated heterocycles. The summed E-state index contributed by atoms with van der Waals surface area (Å²) in [5, 5.41) is 2.94. The third kappa shape index (κ3) is 3.41. The van der Waals surface area contributed by atoms with Gasteiger partial charge in [-0.3, -0.25) is 14.7 Å². The molecule has 24 heavy (non-hydrogen) atoms. The lowest BCUT2D eigenvalue weighted by molar-refractivity contribution is -0.114. The van der Waals surface area contributed by atoms with Gasteiger partial charge in [0.1, 0.15) is 5.75 Å². The average molecular weight is 325 g/mol. The largest absolute Gasteiger partial charge is 0.495 e. The van der Waals surface area contributed by atoms with Crippen molar-refractivity contribution in [3.8, 4) is 5.75 Å². The predicted octanol–water partition coefficient (Wildman–Crippen LogP) is 2.92. The summed E-state index contributed by atoms with van der Waals surface area (Å²) < 4.78 is 5.36. The lowest BCUT2D eigenvalue weighted by Crippen LogP contribution is -2.31. The summed E-state index contributed by atoms with van der Waals surface area (Å²) in [4.78, 5) is 18.0. The Morgan fingerprint density at radius 2 is 2.21 bits per heavy atom. The average Bonchev–Trinajstić information content (AvgIpc) is 2.56. The highest BCUT2D eigenvalue weighted by Crippen LogP contribution is 2.28.